The number of hydrogen-bond donors (Lipinski definition) is 2. The number of sulfone groups is 1. The highest BCUT2D eigenvalue weighted by atomic mass is 32.2. The summed E-state index contributed by atoms with van der Waals surface area (Å²) >= 11 is 0. The van der Waals surface area contributed by atoms with E-state index >= 15 is 0 Å². The van der Waals surface area contributed by atoms with E-state index in [1.807, 2.05) is 0 Å². The molecule has 0 aromatic heterocycles. The molecule has 1 aliphatic heterocycles. The molecule has 174 valence electrons. The normalized spacial score (nSPS) is 28.3. The van der Waals surface area contributed by atoms with Crippen LogP contribution in [0.1, 0.15) is 65.2 Å². The molecule has 2 unspecified atom stereocenters. The van der Waals surface area contributed by atoms with Gasteiger partial charge in [0.2, 0.25) is 0 Å². The summed E-state index contributed by atoms with van der Waals surface area (Å²) in [5.41, 5.74) is 0.277. The van der Waals surface area contributed by atoms with E-state index in [0.29, 0.717) is 24.7 Å². The SMILES string of the molecule is CCN=C(NC1CCN(CCS(C)(=O)=O)CC1)NC1CC(OCC)C12CCCCC2. The first-order valence-electron chi connectivity index (χ1n) is 12.0. The summed E-state index contributed by atoms with van der Waals surface area (Å²) in [5.74, 6) is 1.19. The van der Waals surface area contributed by atoms with Gasteiger partial charge in [0.1, 0.15) is 9.84 Å². The maximum atomic E-state index is 11.4. The van der Waals surface area contributed by atoms with E-state index in [9.17, 15) is 8.42 Å². The van der Waals surface area contributed by atoms with Crippen LogP contribution in [-0.4, -0.2) is 82.3 Å². The second kappa shape index (κ2) is 10.6. The second-order valence-electron chi connectivity index (χ2n) is 9.38. The number of nitrogens with zero attached hydrogens (tertiary/aromatic N) is 2. The van der Waals surface area contributed by atoms with Gasteiger partial charge in [-0.1, -0.05) is 19.3 Å². The van der Waals surface area contributed by atoms with Crippen molar-refractivity contribution in [3.05, 3.63) is 0 Å². The van der Waals surface area contributed by atoms with E-state index < -0.39 is 9.84 Å². The molecular weight excluding hydrogens is 400 g/mol. The molecule has 1 spiro atoms. The molecule has 7 nitrogen and oxygen atoms in total. The van der Waals surface area contributed by atoms with Crippen LogP contribution in [0.3, 0.4) is 0 Å². The average Bonchev–Trinajstić information content (AvgIpc) is 2.72. The van der Waals surface area contributed by atoms with Crippen LogP contribution in [0.15, 0.2) is 4.99 Å². The van der Waals surface area contributed by atoms with Crippen LogP contribution in [0, 0.1) is 5.41 Å². The summed E-state index contributed by atoms with van der Waals surface area (Å²) in [6, 6.07) is 0.837. The molecule has 0 radical (unpaired) electrons. The van der Waals surface area contributed by atoms with E-state index in [2.05, 4.69) is 29.4 Å². The smallest absolute Gasteiger partial charge is 0.191 e. The number of guanidine groups is 1. The minimum Gasteiger partial charge on any atom is -0.378 e. The molecular formula is C22H42N4O3S. The summed E-state index contributed by atoms with van der Waals surface area (Å²) < 4.78 is 28.9. The third-order valence-corrected chi connectivity index (χ3v) is 8.20. The summed E-state index contributed by atoms with van der Waals surface area (Å²) in [4.78, 5) is 7.00. The minimum atomic E-state index is -2.89. The first kappa shape index (κ1) is 23.8. The first-order chi connectivity index (χ1) is 14.4. The lowest BCUT2D eigenvalue weighted by molar-refractivity contribution is -0.145. The molecule has 0 aromatic carbocycles. The molecule has 2 aliphatic carbocycles. The van der Waals surface area contributed by atoms with Crippen molar-refractivity contribution in [1.29, 1.82) is 0 Å². The van der Waals surface area contributed by atoms with Gasteiger partial charge in [0.25, 0.3) is 0 Å². The van der Waals surface area contributed by atoms with Gasteiger partial charge in [-0.2, -0.15) is 0 Å². The highest BCUT2D eigenvalue weighted by Gasteiger charge is 2.55. The Morgan fingerprint density at radius 3 is 2.43 bits per heavy atom. The minimum absolute atomic E-state index is 0.250. The van der Waals surface area contributed by atoms with Crippen LogP contribution >= 0.6 is 0 Å². The molecule has 3 aliphatic rings. The maximum absolute atomic E-state index is 11.4. The molecule has 0 amide bonds. The van der Waals surface area contributed by atoms with Gasteiger partial charge in [-0.25, -0.2) is 8.42 Å². The van der Waals surface area contributed by atoms with Crippen molar-refractivity contribution in [2.75, 3.05) is 44.8 Å². The molecule has 2 saturated carbocycles. The lowest BCUT2D eigenvalue weighted by Crippen LogP contribution is -2.67. The van der Waals surface area contributed by atoms with Gasteiger partial charge < -0.3 is 20.3 Å². The summed E-state index contributed by atoms with van der Waals surface area (Å²) in [7, 11) is -2.89. The Bertz CT molecular complexity index is 668. The van der Waals surface area contributed by atoms with Crippen LogP contribution in [0.5, 0.6) is 0 Å². The number of likely N-dealkylation sites (tertiary alicyclic amines) is 1. The van der Waals surface area contributed by atoms with Crippen molar-refractivity contribution < 1.29 is 13.2 Å². The lowest BCUT2D eigenvalue weighted by atomic mass is 9.55. The first-order valence-corrected chi connectivity index (χ1v) is 14.0. The van der Waals surface area contributed by atoms with Crippen molar-refractivity contribution in [3.8, 4) is 0 Å². The molecule has 3 fully saturated rings. The fourth-order valence-electron chi connectivity index (χ4n) is 5.51. The molecule has 3 rings (SSSR count). The number of nitrogens with one attached hydrogen (secondary N) is 2. The Labute approximate surface area is 183 Å². The monoisotopic (exact) mass is 442 g/mol. The molecule has 2 atom stereocenters. The van der Waals surface area contributed by atoms with Crippen molar-refractivity contribution in [1.82, 2.24) is 15.5 Å². The molecule has 8 heteroatoms. The van der Waals surface area contributed by atoms with E-state index in [4.69, 9.17) is 9.73 Å². The quantitative estimate of drug-likeness (QED) is 0.443. The van der Waals surface area contributed by atoms with Gasteiger partial charge in [0.15, 0.2) is 5.96 Å². The van der Waals surface area contributed by atoms with Crippen LogP contribution in [0.25, 0.3) is 0 Å². The number of rotatable bonds is 8. The molecule has 0 bridgehead atoms. The maximum Gasteiger partial charge on any atom is 0.191 e. The average molecular weight is 443 g/mol. The second-order valence-corrected chi connectivity index (χ2v) is 11.6. The number of ether oxygens (including phenoxy) is 1. The van der Waals surface area contributed by atoms with Crippen molar-refractivity contribution in [2.45, 2.75) is 83.4 Å². The Hall–Kier alpha value is -0.860. The van der Waals surface area contributed by atoms with Crippen molar-refractivity contribution >= 4 is 15.8 Å². The largest absolute Gasteiger partial charge is 0.378 e. The molecule has 1 heterocycles. The van der Waals surface area contributed by atoms with Crippen molar-refractivity contribution in [2.24, 2.45) is 10.4 Å². The molecule has 0 aromatic rings. The van der Waals surface area contributed by atoms with E-state index in [0.717, 1.165) is 51.5 Å². The third kappa shape index (κ3) is 6.10. The highest BCUT2D eigenvalue weighted by Crippen LogP contribution is 2.53. The lowest BCUT2D eigenvalue weighted by Gasteiger charge is -2.58. The van der Waals surface area contributed by atoms with Crippen LogP contribution in [0.4, 0.5) is 0 Å². The van der Waals surface area contributed by atoms with Crippen molar-refractivity contribution in [3.63, 3.8) is 0 Å². The van der Waals surface area contributed by atoms with Gasteiger partial charge in [-0.3, -0.25) is 4.99 Å². The zero-order valence-electron chi connectivity index (χ0n) is 19.2. The Morgan fingerprint density at radius 2 is 1.83 bits per heavy atom. The molecule has 30 heavy (non-hydrogen) atoms. The molecule has 2 N–H and O–H groups in total. The van der Waals surface area contributed by atoms with E-state index in [-0.39, 0.29) is 11.2 Å². The number of aliphatic imine (C=N–C) groups is 1. The Morgan fingerprint density at radius 1 is 1.13 bits per heavy atom. The third-order valence-electron chi connectivity index (χ3n) is 7.27. The zero-order valence-corrected chi connectivity index (χ0v) is 20.0. The highest BCUT2D eigenvalue weighted by molar-refractivity contribution is 7.90. The van der Waals surface area contributed by atoms with Crippen LogP contribution < -0.4 is 10.6 Å². The van der Waals surface area contributed by atoms with E-state index in [1.54, 1.807) is 0 Å². The van der Waals surface area contributed by atoms with Gasteiger partial charge in [0.05, 0.1) is 11.9 Å². The van der Waals surface area contributed by atoms with Gasteiger partial charge in [-0.15, -0.1) is 0 Å². The van der Waals surface area contributed by atoms with E-state index in [1.165, 1.54) is 38.4 Å². The fourth-order valence-corrected chi connectivity index (χ4v) is 6.10. The van der Waals surface area contributed by atoms with Gasteiger partial charge in [0, 0.05) is 56.5 Å². The van der Waals surface area contributed by atoms with Gasteiger partial charge in [-0.05, 0) is 46.0 Å². The predicted molar refractivity (Wildman–Crippen MR) is 123 cm³/mol. The summed E-state index contributed by atoms with van der Waals surface area (Å²) in [6.07, 6.45) is 11.3. The topological polar surface area (TPSA) is 83.0 Å². The molecule has 1 saturated heterocycles. The number of piperidine rings is 1. The van der Waals surface area contributed by atoms with Gasteiger partial charge >= 0.3 is 0 Å². The van der Waals surface area contributed by atoms with Crippen LogP contribution in [0.2, 0.25) is 0 Å². The Balaban J connectivity index is 1.51. The van der Waals surface area contributed by atoms with Crippen LogP contribution in [-0.2, 0) is 14.6 Å². The standard InChI is InChI=1S/C22H42N4O3S/c1-4-23-21(24-18-9-13-26(14-10-18)15-16-30(3,27)28)25-19-17-20(29-5-2)22(19)11-7-6-8-12-22/h18-20H,4-17H2,1-3H3,(H2,23,24,25). The summed E-state index contributed by atoms with van der Waals surface area (Å²) in [6.45, 7) is 8.26. The fraction of sp³-hybridized carbons (Fsp3) is 0.955. The zero-order chi connectivity index (χ0) is 21.6. The predicted octanol–water partition coefficient (Wildman–Crippen LogP) is 2.18. The Kier molecular flexibility index (Phi) is 8.44. The summed E-state index contributed by atoms with van der Waals surface area (Å²) in [5, 5.41) is 7.44. The number of hydrogen-bond acceptors (Lipinski definition) is 5.